The monoisotopic (exact) mass is 267 g/mol. The first-order valence-corrected chi connectivity index (χ1v) is 7.11. The Bertz CT molecular complexity index is 419. The molecule has 98 valence electrons. The zero-order valence-corrected chi connectivity index (χ0v) is 11.2. The number of carbonyl (C=O) groups excluding carboxylic acids is 2. The predicted octanol–water partition coefficient (Wildman–Crippen LogP) is 1.87. The predicted molar refractivity (Wildman–Crippen MR) is 70.4 cm³/mol. The molecule has 0 bridgehead atoms. The average Bonchev–Trinajstić information content (AvgIpc) is 2.90. The fraction of sp³-hybridized carbons (Fsp3) is 0.583. The van der Waals surface area contributed by atoms with Crippen molar-refractivity contribution in [2.75, 3.05) is 11.9 Å². The van der Waals surface area contributed by atoms with Gasteiger partial charge in [-0.15, -0.1) is 11.3 Å². The zero-order chi connectivity index (χ0) is 13.0. The van der Waals surface area contributed by atoms with E-state index in [4.69, 9.17) is 0 Å². The molecule has 0 aromatic carbocycles. The molecular formula is C12H17N3O2S. The van der Waals surface area contributed by atoms with E-state index in [1.807, 2.05) is 0 Å². The first-order chi connectivity index (χ1) is 8.72. The third-order valence-electron chi connectivity index (χ3n) is 3.21. The van der Waals surface area contributed by atoms with Crippen LogP contribution in [0.25, 0.3) is 0 Å². The van der Waals surface area contributed by atoms with Crippen molar-refractivity contribution in [2.45, 2.75) is 38.6 Å². The number of likely N-dealkylation sites (tertiary alicyclic amines) is 1. The molecule has 1 unspecified atom stereocenters. The minimum atomic E-state index is -0.578. The first-order valence-electron chi connectivity index (χ1n) is 6.23. The molecule has 1 aliphatic rings. The lowest BCUT2D eigenvalue weighted by Gasteiger charge is -2.34. The van der Waals surface area contributed by atoms with Gasteiger partial charge in [0, 0.05) is 24.2 Å². The minimum absolute atomic E-state index is 0.202. The van der Waals surface area contributed by atoms with E-state index in [-0.39, 0.29) is 6.04 Å². The van der Waals surface area contributed by atoms with Crippen LogP contribution < -0.4 is 5.32 Å². The average molecular weight is 267 g/mol. The Hall–Kier alpha value is -1.43. The number of carbonyl (C=O) groups is 2. The highest BCUT2D eigenvalue weighted by atomic mass is 32.1. The van der Waals surface area contributed by atoms with Gasteiger partial charge in [0.15, 0.2) is 5.13 Å². The van der Waals surface area contributed by atoms with E-state index in [0.717, 1.165) is 25.7 Å². The van der Waals surface area contributed by atoms with E-state index in [0.29, 0.717) is 11.7 Å². The maximum absolute atomic E-state index is 12.1. The highest BCUT2D eigenvalue weighted by Gasteiger charge is 2.29. The van der Waals surface area contributed by atoms with E-state index in [2.05, 4.69) is 17.2 Å². The van der Waals surface area contributed by atoms with Gasteiger partial charge in [0.05, 0.1) is 0 Å². The summed E-state index contributed by atoms with van der Waals surface area (Å²) in [6, 6.07) is 0.202. The Morgan fingerprint density at radius 3 is 3.06 bits per heavy atom. The maximum Gasteiger partial charge on any atom is 0.315 e. The molecule has 2 amide bonds. The summed E-state index contributed by atoms with van der Waals surface area (Å²) < 4.78 is 0. The normalized spacial score (nSPS) is 19.6. The lowest BCUT2D eigenvalue weighted by molar-refractivity contribution is -0.145. The molecule has 1 aliphatic heterocycles. The highest BCUT2D eigenvalue weighted by molar-refractivity contribution is 7.13. The van der Waals surface area contributed by atoms with E-state index in [1.54, 1.807) is 16.5 Å². The molecule has 0 saturated carbocycles. The largest absolute Gasteiger partial charge is 0.331 e. The molecule has 2 rings (SSSR count). The number of nitrogens with one attached hydrogen (secondary N) is 1. The number of aromatic nitrogens is 1. The smallest absolute Gasteiger partial charge is 0.315 e. The molecule has 5 nitrogen and oxygen atoms in total. The fourth-order valence-corrected chi connectivity index (χ4v) is 2.78. The molecule has 2 heterocycles. The van der Waals surface area contributed by atoms with Crippen molar-refractivity contribution < 1.29 is 9.59 Å². The SMILES string of the molecule is CCC1CCCCN1C(=O)C(=O)Nc1nccs1. The number of rotatable bonds is 2. The van der Waals surface area contributed by atoms with Crippen molar-refractivity contribution in [1.82, 2.24) is 9.88 Å². The van der Waals surface area contributed by atoms with Crippen LogP contribution in [0.5, 0.6) is 0 Å². The molecular weight excluding hydrogens is 250 g/mol. The molecule has 1 aromatic heterocycles. The third kappa shape index (κ3) is 2.87. The van der Waals surface area contributed by atoms with Gasteiger partial charge in [-0.3, -0.25) is 14.9 Å². The van der Waals surface area contributed by atoms with Crippen molar-refractivity contribution in [3.63, 3.8) is 0 Å². The molecule has 18 heavy (non-hydrogen) atoms. The molecule has 1 atom stereocenters. The number of piperidine rings is 1. The number of anilines is 1. The molecule has 0 aliphatic carbocycles. The van der Waals surface area contributed by atoms with Crippen molar-refractivity contribution in [3.05, 3.63) is 11.6 Å². The van der Waals surface area contributed by atoms with Crippen molar-refractivity contribution in [3.8, 4) is 0 Å². The van der Waals surface area contributed by atoms with Crippen LogP contribution in [0.4, 0.5) is 5.13 Å². The van der Waals surface area contributed by atoms with Gasteiger partial charge in [0.25, 0.3) is 0 Å². The van der Waals surface area contributed by atoms with Crippen LogP contribution in [0.1, 0.15) is 32.6 Å². The van der Waals surface area contributed by atoms with Gasteiger partial charge in [0.1, 0.15) is 0 Å². The second-order valence-corrected chi connectivity index (χ2v) is 5.24. The van der Waals surface area contributed by atoms with E-state index in [1.165, 1.54) is 11.3 Å². The minimum Gasteiger partial charge on any atom is -0.331 e. The number of thiazole rings is 1. The summed E-state index contributed by atoms with van der Waals surface area (Å²) in [4.78, 5) is 29.6. The number of hydrogen-bond donors (Lipinski definition) is 1. The fourth-order valence-electron chi connectivity index (χ4n) is 2.26. The van der Waals surface area contributed by atoms with Crippen LogP contribution in [0.3, 0.4) is 0 Å². The second kappa shape index (κ2) is 5.95. The topological polar surface area (TPSA) is 62.3 Å². The maximum atomic E-state index is 12.1. The Morgan fingerprint density at radius 1 is 1.56 bits per heavy atom. The number of hydrogen-bond acceptors (Lipinski definition) is 4. The van der Waals surface area contributed by atoms with Crippen LogP contribution in [-0.4, -0.2) is 34.3 Å². The third-order valence-corrected chi connectivity index (χ3v) is 3.89. The molecule has 1 fully saturated rings. The number of nitrogens with zero attached hydrogens (tertiary/aromatic N) is 2. The van der Waals surface area contributed by atoms with Crippen LogP contribution >= 0.6 is 11.3 Å². The standard InChI is InChI=1S/C12H17N3O2S/c1-2-9-5-3-4-7-15(9)11(17)10(16)14-12-13-6-8-18-12/h6,8-9H,2-5,7H2,1H3,(H,13,14,16). The van der Waals surface area contributed by atoms with Gasteiger partial charge in [0.2, 0.25) is 0 Å². The molecule has 0 spiro atoms. The molecule has 6 heteroatoms. The van der Waals surface area contributed by atoms with Crippen molar-refractivity contribution in [2.24, 2.45) is 0 Å². The zero-order valence-electron chi connectivity index (χ0n) is 10.4. The highest BCUT2D eigenvalue weighted by Crippen LogP contribution is 2.20. The molecule has 1 aromatic rings. The van der Waals surface area contributed by atoms with E-state index >= 15 is 0 Å². The van der Waals surface area contributed by atoms with E-state index in [9.17, 15) is 9.59 Å². The Balaban J connectivity index is 1.98. The van der Waals surface area contributed by atoms with Gasteiger partial charge in [-0.2, -0.15) is 0 Å². The Morgan fingerprint density at radius 2 is 2.39 bits per heavy atom. The summed E-state index contributed by atoms with van der Waals surface area (Å²) in [6.07, 6.45) is 5.60. The summed E-state index contributed by atoms with van der Waals surface area (Å²) in [5, 5.41) is 4.77. The van der Waals surface area contributed by atoms with E-state index < -0.39 is 11.8 Å². The van der Waals surface area contributed by atoms with Crippen molar-refractivity contribution >= 4 is 28.3 Å². The van der Waals surface area contributed by atoms with Crippen molar-refractivity contribution in [1.29, 1.82) is 0 Å². The van der Waals surface area contributed by atoms with Crippen LogP contribution in [0.15, 0.2) is 11.6 Å². The van der Waals surface area contributed by atoms with Gasteiger partial charge in [-0.1, -0.05) is 6.92 Å². The number of amides is 2. The lowest BCUT2D eigenvalue weighted by atomic mass is 10.00. The first kappa shape index (κ1) is 13.0. The molecule has 0 radical (unpaired) electrons. The summed E-state index contributed by atoms with van der Waals surface area (Å²) >= 11 is 1.31. The quantitative estimate of drug-likeness (QED) is 0.832. The summed E-state index contributed by atoms with van der Waals surface area (Å²) in [5.41, 5.74) is 0. The van der Waals surface area contributed by atoms with Gasteiger partial charge < -0.3 is 4.90 Å². The Kier molecular flexibility index (Phi) is 4.30. The molecule has 1 saturated heterocycles. The van der Waals surface area contributed by atoms with Crippen LogP contribution in [-0.2, 0) is 9.59 Å². The van der Waals surface area contributed by atoms with Crippen LogP contribution in [0.2, 0.25) is 0 Å². The second-order valence-electron chi connectivity index (χ2n) is 4.35. The van der Waals surface area contributed by atoms with Gasteiger partial charge >= 0.3 is 11.8 Å². The summed E-state index contributed by atoms with van der Waals surface area (Å²) in [6.45, 7) is 2.73. The summed E-state index contributed by atoms with van der Waals surface area (Å²) in [7, 11) is 0. The molecule has 1 N–H and O–H groups in total. The lowest BCUT2D eigenvalue weighted by Crippen LogP contribution is -2.48. The van der Waals surface area contributed by atoms with Gasteiger partial charge in [-0.05, 0) is 25.7 Å². The van der Waals surface area contributed by atoms with Gasteiger partial charge in [-0.25, -0.2) is 4.98 Å². The van der Waals surface area contributed by atoms with Crippen LogP contribution in [0, 0.1) is 0 Å². The summed E-state index contributed by atoms with van der Waals surface area (Å²) in [5.74, 6) is -1.01. The Labute approximate surface area is 110 Å².